The Morgan fingerprint density at radius 3 is 2.77 bits per heavy atom. The molecule has 0 aliphatic heterocycles. The molecular formula is C8H17O4P. The van der Waals surface area contributed by atoms with E-state index < -0.39 is 8.60 Å². The van der Waals surface area contributed by atoms with Gasteiger partial charge < -0.3 is 9.05 Å². The van der Waals surface area contributed by atoms with Crippen LogP contribution in [0.2, 0.25) is 0 Å². The highest BCUT2D eigenvalue weighted by molar-refractivity contribution is 7.41. The molecule has 1 N–H and O–H groups in total. The Morgan fingerprint density at radius 2 is 2.31 bits per heavy atom. The van der Waals surface area contributed by atoms with Crippen LogP contribution in [-0.2, 0) is 13.7 Å². The highest BCUT2D eigenvalue weighted by Gasteiger charge is 2.15. The predicted molar refractivity (Wildman–Crippen MR) is 52.2 cm³/mol. The van der Waals surface area contributed by atoms with E-state index in [-0.39, 0.29) is 6.10 Å². The van der Waals surface area contributed by atoms with Crippen molar-refractivity contribution in [2.24, 2.45) is 0 Å². The Balaban J connectivity index is 3.61. The van der Waals surface area contributed by atoms with E-state index in [4.69, 9.17) is 14.3 Å². The van der Waals surface area contributed by atoms with Crippen LogP contribution in [-0.4, -0.2) is 18.0 Å². The first-order valence-corrected chi connectivity index (χ1v) is 5.36. The minimum atomic E-state index is -1.61. The molecule has 0 fully saturated rings. The van der Waals surface area contributed by atoms with Crippen molar-refractivity contribution < 1.29 is 19.0 Å². The molecule has 0 aliphatic carbocycles. The molecule has 78 valence electrons. The maximum Gasteiger partial charge on any atom is 0.362 e. The van der Waals surface area contributed by atoms with Crippen LogP contribution in [0.3, 0.4) is 0 Å². The highest BCUT2D eigenvalue weighted by Crippen LogP contribution is 2.40. The van der Waals surface area contributed by atoms with Crippen LogP contribution in [0.5, 0.6) is 0 Å². The van der Waals surface area contributed by atoms with Gasteiger partial charge in [0, 0.05) is 0 Å². The van der Waals surface area contributed by atoms with Crippen LogP contribution in [0.1, 0.15) is 26.7 Å². The summed E-state index contributed by atoms with van der Waals surface area (Å²) in [5.41, 5.74) is 0. The molecule has 5 heteroatoms. The van der Waals surface area contributed by atoms with E-state index in [0.717, 1.165) is 6.42 Å². The standard InChI is InChI=1S/C8H17O4P/c1-4-6-8(3)11-13(12-9)10-7-5-2/h4,8-9H,1,5-7H2,2-3H3. The summed E-state index contributed by atoms with van der Waals surface area (Å²) in [6.45, 7) is 7.94. The summed E-state index contributed by atoms with van der Waals surface area (Å²) in [5, 5.41) is 8.42. The van der Waals surface area contributed by atoms with Crippen molar-refractivity contribution in [2.75, 3.05) is 6.61 Å². The summed E-state index contributed by atoms with van der Waals surface area (Å²) in [7, 11) is -1.61. The first-order valence-electron chi connectivity index (χ1n) is 4.26. The fourth-order valence-electron chi connectivity index (χ4n) is 0.664. The fraction of sp³-hybridized carbons (Fsp3) is 0.750. The van der Waals surface area contributed by atoms with Crippen molar-refractivity contribution in [3.8, 4) is 0 Å². The van der Waals surface area contributed by atoms with Gasteiger partial charge in [0.1, 0.15) is 0 Å². The summed E-state index contributed by atoms with van der Waals surface area (Å²) >= 11 is 0. The predicted octanol–water partition coefficient (Wildman–Crippen LogP) is 3.11. The summed E-state index contributed by atoms with van der Waals surface area (Å²) in [6.07, 6.45) is 3.27. The van der Waals surface area contributed by atoms with Gasteiger partial charge in [0.15, 0.2) is 0 Å². The molecule has 4 nitrogen and oxygen atoms in total. The summed E-state index contributed by atoms with van der Waals surface area (Å²) in [4.78, 5) is 0. The second kappa shape index (κ2) is 8.60. The number of hydrogen-bond acceptors (Lipinski definition) is 4. The van der Waals surface area contributed by atoms with Crippen LogP contribution in [0.4, 0.5) is 0 Å². The second-order valence-corrected chi connectivity index (χ2v) is 3.66. The third-order valence-corrected chi connectivity index (χ3v) is 2.29. The van der Waals surface area contributed by atoms with E-state index in [1.165, 1.54) is 0 Å². The first kappa shape index (κ1) is 13.0. The topological polar surface area (TPSA) is 47.9 Å². The molecule has 0 aromatic heterocycles. The van der Waals surface area contributed by atoms with Crippen LogP contribution < -0.4 is 0 Å². The molecule has 0 aromatic carbocycles. The lowest BCUT2D eigenvalue weighted by Crippen LogP contribution is -2.05. The molecule has 2 atom stereocenters. The normalized spacial score (nSPS) is 15.3. The van der Waals surface area contributed by atoms with Crippen molar-refractivity contribution in [1.29, 1.82) is 0 Å². The quantitative estimate of drug-likeness (QED) is 0.288. The molecular weight excluding hydrogens is 191 g/mol. The minimum Gasteiger partial charge on any atom is -0.311 e. The van der Waals surface area contributed by atoms with Gasteiger partial charge in [-0.2, -0.15) is 4.67 Å². The second-order valence-electron chi connectivity index (χ2n) is 2.58. The lowest BCUT2D eigenvalue weighted by Gasteiger charge is -2.16. The van der Waals surface area contributed by atoms with Gasteiger partial charge in [0.25, 0.3) is 0 Å². The third-order valence-electron chi connectivity index (χ3n) is 1.23. The van der Waals surface area contributed by atoms with E-state index in [0.29, 0.717) is 13.0 Å². The number of hydrogen-bond donors (Lipinski definition) is 1. The summed E-state index contributed by atoms with van der Waals surface area (Å²) in [5.74, 6) is 0. The molecule has 0 saturated heterocycles. The zero-order valence-corrected chi connectivity index (χ0v) is 9.00. The van der Waals surface area contributed by atoms with E-state index in [9.17, 15) is 0 Å². The van der Waals surface area contributed by atoms with E-state index in [2.05, 4.69) is 11.3 Å². The third kappa shape index (κ3) is 7.11. The smallest absolute Gasteiger partial charge is 0.311 e. The molecule has 0 spiro atoms. The van der Waals surface area contributed by atoms with Crippen LogP contribution in [0, 0.1) is 0 Å². The zero-order valence-electron chi connectivity index (χ0n) is 8.10. The van der Waals surface area contributed by atoms with Gasteiger partial charge in [-0.15, -0.1) is 6.58 Å². The average molecular weight is 208 g/mol. The van der Waals surface area contributed by atoms with Crippen molar-refractivity contribution in [1.82, 2.24) is 0 Å². The molecule has 0 aliphatic rings. The van der Waals surface area contributed by atoms with E-state index >= 15 is 0 Å². The Labute approximate surface area is 80.4 Å². The van der Waals surface area contributed by atoms with Gasteiger partial charge in [0.2, 0.25) is 0 Å². The summed E-state index contributed by atoms with van der Waals surface area (Å²) in [6, 6.07) is 0. The van der Waals surface area contributed by atoms with Crippen molar-refractivity contribution in [2.45, 2.75) is 32.8 Å². The van der Waals surface area contributed by atoms with Gasteiger partial charge in [0.05, 0.1) is 12.7 Å². The monoisotopic (exact) mass is 208 g/mol. The number of rotatable bonds is 8. The van der Waals surface area contributed by atoms with E-state index in [1.54, 1.807) is 6.08 Å². The molecule has 0 radical (unpaired) electrons. The van der Waals surface area contributed by atoms with Crippen molar-refractivity contribution in [3.63, 3.8) is 0 Å². The van der Waals surface area contributed by atoms with Gasteiger partial charge in [-0.05, 0) is 19.8 Å². The first-order chi connectivity index (χ1) is 6.24. The molecule has 0 rings (SSSR count). The van der Waals surface area contributed by atoms with Crippen LogP contribution >= 0.6 is 8.60 Å². The van der Waals surface area contributed by atoms with Crippen LogP contribution in [0.25, 0.3) is 0 Å². The van der Waals surface area contributed by atoms with Gasteiger partial charge >= 0.3 is 8.60 Å². The van der Waals surface area contributed by atoms with Gasteiger partial charge in [-0.25, -0.2) is 5.26 Å². The van der Waals surface area contributed by atoms with Crippen molar-refractivity contribution >= 4 is 8.60 Å². The lowest BCUT2D eigenvalue weighted by atomic mass is 10.3. The Morgan fingerprint density at radius 1 is 1.62 bits per heavy atom. The maximum atomic E-state index is 8.42. The maximum absolute atomic E-state index is 8.42. The Hall–Kier alpha value is 0.0100. The van der Waals surface area contributed by atoms with Crippen molar-refractivity contribution in [3.05, 3.63) is 12.7 Å². The van der Waals surface area contributed by atoms with Crippen LogP contribution in [0.15, 0.2) is 12.7 Å². The van der Waals surface area contributed by atoms with Gasteiger partial charge in [-0.3, -0.25) is 0 Å². The SMILES string of the molecule is C=CCC(C)OP(OO)OCCC. The average Bonchev–Trinajstić information content (AvgIpc) is 2.12. The lowest BCUT2D eigenvalue weighted by molar-refractivity contribution is -0.155. The van der Waals surface area contributed by atoms with Gasteiger partial charge in [-0.1, -0.05) is 13.0 Å². The largest absolute Gasteiger partial charge is 0.362 e. The zero-order chi connectivity index (χ0) is 10.1. The minimum absolute atomic E-state index is 0.0485. The Bertz CT molecular complexity index is 131. The molecule has 2 unspecified atom stereocenters. The van der Waals surface area contributed by atoms with E-state index in [1.807, 2.05) is 13.8 Å². The molecule has 0 saturated carbocycles. The molecule has 0 aromatic rings. The molecule has 0 heterocycles. The highest BCUT2D eigenvalue weighted by atomic mass is 31.2. The Kier molecular flexibility index (Phi) is 8.61. The molecule has 0 amide bonds. The fourth-order valence-corrected chi connectivity index (χ4v) is 1.52. The molecule has 13 heavy (non-hydrogen) atoms. The summed E-state index contributed by atoms with van der Waals surface area (Å²) < 4.78 is 14.4. The molecule has 0 bridgehead atoms.